The van der Waals surface area contributed by atoms with Gasteiger partial charge in [0.05, 0.1) is 0 Å². The summed E-state index contributed by atoms with van der Waals surface area (Å²) in [6, 6.07) is 47.4. The van der Waals surface area contributed by atoms with Gasteiger partial charge in [0.15, 0.2) is 5.78 Å². The van der Waals surface area contributed by atoms with E-state index in [9.17, 15) is 9.90 Å². The lowest BCUT2D eigenvalue weighted by Gasteiger charge is -2.21. The molecule has 1 atom stereocenters. The highest BCUT2D eigenvalue weighted by molar-refractivity contribution is 6.29. The Kier molecular flexibility index (Phi) is 6.18. The molecule has 2 aliphatic carbocycles. The highest BCUT2D eigenvalue weighted by Crippen LogP contribution is 2.52. The van der Waals surface area contributed by atoms with Crippen LogP contribution >= 0.6 is 0 Å². The van der Waals surface area contributed by atoms with Gasteiger partial charge in [-0.15, -0.1) is 0 Å². The maximum Gasteiger partial charge on any atom is 0.193 e. The van der Waals surface area contributed by atoms with Gasteiger partial charge in [0.2, 0.25) is 0 Å². The molecule has 2 aliphatic rings. The molecule has 8 aromatic rings. The van der Waals surface area contributed by atoms with Gasteiger partial charge in [-0.25, -0.2) is 0 Å². The van der Waals surface area contributed by atoms with E-state index >= 15 is 0 Å². The Hall–Kier alpha value is -6.09. The van der Waals surface area contributed by atoms with Crippen molar-refractivity contribution in [2.24, 2.45) is 0 Å². The van der Waals surface area contributed by atoms with Crippen molar-refractivity contribution in [2.75, 3.05) is 0 Å². The van der Waals surface area contributed by atoms with E-state index in [-0.39, 0.29) is 5.78 Å². The van der Waals surface area contributed by atoms with Crippen LogP contribution in [-0.4, -0.2) is 10.9 Å². The van der Waals surface area contributed by atoms with E-state index in [0.717, 1.165) is 93.7 Å². The molecule has 0 saturated heterocycles. The fourth-order valence-corrected chi connectivity index (χ4v) is 8.66. The van der Waals surface area contributed by atoms with Gasteiger partial charge in [0.25, 0.3) is 0 Å². The van der Waals surface area contributed by atoms with Crippen LogP contribution in [0.25, 0.3) is 82.0 Å². The first-order chi connectivity index (χ1) is 24.5. The number of fused-ring (bicyclic) bond motifs is 8. The predicted octanol–water partition coefficient (Wildman–Crippen LogP) is 12.2. The van der Waals surface area contributed by atoms with Crippen molar-refractivity contribution < 1.29 is 9.90 Å². The first kappa shape index (κ1) is 28.9. The number of Topliss-reactive ketones (excluding diaryl/α,β-unsaturated/α-hetero) is 1. The van der Waals surface area contributed by atoms with Crippen LogP contribution in [0.4, 0.5) is 0 Å². The molecule has 1 N–H and O–H groups in total. The van der Waals surface area contributed by atoms with Gasteiger partial charge in [-0.3, -0.25) is 4.79 Å². The van der Waals surface area contributed by atoms with E-state index in [4.69, 9.17) is 0 Å². The number of rotatable bonds is 3. The van der Waals surface area contributed by atoms with Crippen molar-refractivity contribution in [1.29, 1.82) is 0 Å². The summed E-state index contributed by atoms with van der Waals surface area (Å²) >= 11 is 0. The Morgan fingerprint density at radius 2 is 1.16 bits per heavy atom. The highest BCUT2D eigenvalue weighted by atomic mass is 16.3. The number of aliphatic hydroxyl groups is 1. The number of carbonyl (C=O) groups is 1. The number of ketones is 1. The van der Waals surface area contributed by atoms with E-state index in [1.807, 2.05) is 37.3 Å². The fraction of sp³-hybridized carbons (Fsp3) is 0.0625. The summed E-state index contributed by atoms with van der Waals surface area (Å²) in [5.74, 6) is 0.0692. The number of carbonyl (C=O) groups excluding carboxylic acids is 1. The molecule has 0 heterocycles. The molecule has 0 saturated carbocycles. The second kappa shape index (κ2) is 10.7. The maximum atomic E-state index is 14.0. The van der Waals surface area contributed by atoms with Crippen molar-refractivity contribution in [3.63, 3.8) is 0 Å². The fourth-order valence-electron chi connectivity index (χ4n) is 8.66. The van der Waals surface area contributed by atoms with Gasteiger partial charge < -0.3 is 5.11 Å². The molecule has 0 aliphatic heterocycles. The summed E-state index contributed by atoms with van der Waals surface area (Å²) in [5, 5.41) is 20.8. The SMILES string of the molecule is C/C=C\C1=C(C)c2cc3c(-c4cccc5ccccc45)c4cc5c(cc4c(-c4ccc6ccccc6c4)c3cc2C1=O)-c1ccccc1C5O. The molecule has 10 rings (SSSR count). The Bertz CT molecular complexity index is 2860. The Morgan fingerprint density at radius 1 is 0.520 bits per heavy atom. The van der Waals surface area contributed by atoms with Crippen LogP contribution in [0.15, 0.2) is 151 Å². The molecule has 8 aromatic carbocycles. The zero-order chi connectivity index (χ0) is 33.7. The van der Waals surface area contributed by atoms with E-state index in [1.165, 1.54) is 16.2 Å². The molecular weight excluding hydrogens is 609 g/mol. The minimum atomic E-state index is -0.711. The van der Waals surface area contributed by atoms with Gasteiger partial charge in [0.1, 0.15) is 6.10 Å². The zero-order valence-electron chi connectivity index (χ0n) is 27.8. The minimum absolute atomic E-state index is 0.0692. The first-order valence-electron chi connectivity index (χ1n) is 17.3. The molecule has 2 heteroatoms. The topological polar surface area (TPSA) is 37.3 Å². The Balaban J connectivity index is 1.44. The molecule has 0 fully saturated rings. The summed E-state index contributed by atoms with van der Waals surface area (Å²) in [4.78, 5) is 14.0. The molecule has 236 valence electrons. The normalized spacial score (nSPS) is 15.2. The Morgan fingerprint density at radius 3 is 2.00 bits per heavy atom. The average molecular weight is 641 g/mol. The van der Waals surface area contributed by atoms with E-state index in [1.54, 1.807) is 0 Å². The van der Waals surface area contributed by atoms with Gasteiger partial charge >= 0.3 is 0 Å². The summed E-state index contributed by atoms with van der Waals surface area (Å²) in [6.07, 6.45) is 3.18. The third-order valence-electron chi connectivity index (χ3n) is 11.0. The molecule has 0 spiro atoms. The predicted molar refractivity (Wildman–Crippen MR) is 209 cm³/mol. The largest absolute Gasteiger partial charge is 0.384 e. The molecule has 50 heavy (non-hydrogen) atoms. The van der Waals surface area contributed by atoms with E-state index in [2.05, 4.69) is 122 Å². The second-order valence-corrected chi connectivity index (χ2v) is 13.6. The van der Waals surface area contributed by atoms with Crippen molar-refractivity contribution >= 4 is 54.4 Å². The van der Waals surface area contributed by atoms with Crippen molar-refractivity contribution in [3.8, 4) is 33.4 Å². The van der Waals surface area contributed by atoms with Gasteiger partial charge in [-0.2, -0.15) is 0 Å². The molecule has 0 bridgehead atoms. The van der Waals surface area contributed by atoms with Crippen LogP contribution in [0.3, 0.4) is 0 Å². The maximum absolute atomic E-state index is 14.0. The third-order valence-corrected chi connectivity index (χ3v) is 11.0. The first-order valence-corrected chi connectivity index (χ1v) is 17.3. The lowest BCUT2D eigenvalue weighted by molar-refractivity contribution is 0.104. The lowest BCUT2D eigenvalue weighted by atomic mass is 9.81. The molecular formula is C48H32O2. The average Bonchev–Trinajstić information content (AvgIpc) is 3.56. The molecule has 0 radical (unpaired) electrons. The van der Waals surface area contributed by atoms with Gasteiger partial charge in [0, 0.05) is 11.1 Å². The van der Waals surface area contributed by atoms with Crippen LogP contribution < -0.4 is 0 Å². The standard InChI is InChI=1S/C48H32O2/c1-3-11-32-27(2)37-23-41-40(25-43(37)47(32)49)45(31-21-20-28-12-4-5-14-30(28)22-31)39-24-38-34-17-8-9-18-36(34)48(50)44(38)26-42(39)46(41)35-19-10-15-29-13-6-7-16-33(29)35/h3-26,48,50H,1-2H3/b11-3-. The van der Waals surface area contributed by atoms with Crippen LogP contribution in [0.1, 0.15) is 47.0 Å². The molecule has 2 nitrogen and oxygen atoms in total. The smallest absolute Gasteiger partial charge is 0.193 e. The lowest BCUT2D eigenvalue weighted by Crippen LogP contribution is -1.99. The van der Waals surface area contributed by atoms with Crippen LogP contribution in [0, 0.1) is 0 Å². The van der Waals surface area contributed by atoms with Crippen molar-refractivity contribution in [3.05, 3.63) is 173 Å². The van der Waals surface area contributed by atoms with Gasteiger partial charge in [-0.1, -0.05) is 115 Å². The third kappa shape index (κ3) is 3.97. The van der Waals surface area contributed by atoms with Crippen LogP contribution in [0.5, 0.6) is 0 Å². The molecule has 1 unspecified atom stereocenters. The monoisotopic (exact) mass is 640 g/mol. The quantitative estimate of drug-likeness (QED) is 0.195. The number of hydrogen-bond acceptors (Lipinski definition) is 2. The molecule has 0 aromatic heterocycles. The Labute approximate surface area is 290 Å². The summed E-state index contributed by atoms with van der Waals surface area (Å²) in [6.45, 7) is 4.02. The molecule has 0 amide bonds. The summed E-state index contributed by atoms with van der Waals surface area (Å²) < 4.78 is 0. The van der Waals surface area contributed by atoms with Crippen LogP contribution in [0.2, 0.25) is 0 Å². The summed E-state index contributed by atoms with van der Waals surface area (Å²) in [5.41, 5.74) is 11.9. The number of aliphatic hydroxyl groups excluding tert-OH is 1. The number of hydrogen-bond donors (Lipinski definition) is 1. The number of benzene rings is 8. The van der Waals surface area contributed by atoms with Gasteiger partial charge in [-0.05, 0) is 143 Å². The van der Waals surface area contributed by atoms with E-state index < -0.39 is 6.10 Å². The van der Waals surface area contributed by atoms with Crippen molar-refractivity contribution in [1.82, 2.24) is 0 Å². The summed E-state index contributed by atoms with van der Waals surface area (Å²) in [7, 11) is 0. The minimum Gasteiger partial charge on any atom is -0.384 e. The van der Waals surface area contributed by atoms with E-state index in [0.29, 0.717) is 0 Å². The highest BCUT2D eigenvalue weighted by Gasteiger charge is 2.31. The van der Waals surface area contributed by atoms with Crippen molar-refractivity contribution in [2.45, 2.75) is 20.0 Å². The second-order valence-electron chi connectivity index (χ2n) is 13.6. The number of allylic oxidation sites excluding steroid dienone is 4. The zero-order valence-corrected chi connectivity index (χ0v) is 27.8. The van der Waals surface area contributed by atoms with Crippen LogP contribution in [-0.2, 0) is 0 Å².